The molecule has 0 saturated carbocycles. The Labute approximate surface area is 116 Å². The van der Waals surface area contributed by atoms with Crippen molar-refractivity contribution in [2.45, 2.75) is 13.0 Å². The third-order valence-electron chi connectivity index (χ3n) is 3.36. The number of piperazine rings is 1. The van der Waals surface area contributed by atoms with Crippen molar-refractivity contribution < 1.29 is 9.18 Å². The SMILES string of the molecule is CC(C(N)=O)N1CCN(c2ncc(Cl)cc2F)CC1. The van der Waals surface area contributed by atoms with Crippen LogP contribution in [-0.2, 0) is 4.79 Å². The van der Waals surface area contributed by atoms with E-state index in [0.29, 0.717) is 32.0 Å². The Morgan fingerprint density at radius 1 is 1.47 bits per heavy atom. The molecule has 1 amide bonds. The van der Waals surface area contributed by atoms with Gasteiger partial charge in [-0.25, -0.2) is 9.37 Å². The fourth-order valence-electron chi connectivity index (χ4n) is 2.14. The minimum absolute atomic E-state index is 0.280. The van der Waals surface area contributed by atoms with Crippen LogP contribution < -0.4 is 10.6 Å². The van der Waals surface area contributed by atoms with Gasteiger partial charge in [0.05, 0.1) is 11.1 Å². The minimum Gasteiger partial charge on any atom is -0.368 e. The zero-order chi connectivity index (χ0) is 14.0. The number of aromatic nitrogens is 1. The number of pyridine rings is 1. The van der Waals surface area contributed by atoms with E-state index in [1.807, 2.05) is 9.80 Å². The molecule has 0 spiro atoms. The van der Waals surface area contributed by atoms with Crippen LogP contribution in [0, 0.1) is 5.82 Å². The van der Waals surface area contributed by atoms with E-state index < -0.39 is 5.82 Å². The summed E-state index contributed by atoms with van der Waals surface area (Å²) in [6, 6.07) is 0.952. The highest BCUT2D eigenvalue weighted by Gasteiger charge is 2.25. The highest BCUT2D eigenvalue weighted by molar-refractivity contribution is 6.30. The Morgan fingerprint density at radius 2 is 2.11 bits per heavy atom. The average molecular weight is 287 g/mol. The van der Waals surface area contributed by atoms with Gasteiger partial charge in [-0.15, -0.1) is 0 Å². The largest absolute Gasteiger partial charge is 0.368 e. The molecule has 0 radical (unpaired) electrons. The standard InChI is InChI=1S/C12H16ClFN4O/c1-8(11(15)19)17-2-4-18(5-3-17)12-10(14)6-9(13)7-16-12/h6-8H,2-5H2,1H3,(H2,15,19). The van der Waals surface area contributed by atoms with Crippen LogP contribution in [-0.4, -0.2) is 48.0 Å². The molecule has 1 aliphatic rings. The van der Waals surface area contributed by atoms with Crippen LogP contribution in [0.25, 0.3) is 0 Å². The monoisotopic (exact) mass is 286 g/mol. The Bertz CT molecular complexity index is 477. The number of rotatable bonds is 3. The van der Waals surface area contributed by atoms with Gasteiger partial charge in [0.15, 0.2) is 11.6 Å². The summed E-state index contributed by atoms with van der Waals surface area (Å²) in [6.45, 7) is 4.27. The summed E-state index contributed by atoms with van der Waals surface area (Å²) >= 11 is 5.67. The smallest absolute Gasteiger partial charge is 0.234 e. The molecule has 19 heavy (non-hydrogen) atoms. The van der Waals surface area contributed by atoms with Gasteiger partial charge in [0.25, 0.3) is 0 Å². The maximum Gasteiger partial charge on any atom is 0.234 e. The van der Waals surface area contributed by atoms with Crippen LogP contribution in [0.2, 0.25) is 5.02 Å². The molecule has 2 rings (SSSR count). The van der Waals surface area contributed by atoms with Crippen LogP contribution in [0.3, 0.4) is 0 Å². The van der Waals surface area contributed by atoms with E-state index in [1.54, 1.807) is 6.92 Å². The van der Waals surface area contributed by atoms with Gasteiger partial charge in [-0.2, -0.15) is 0 Å². The fourth-order valence-corrected chi connectivity index (χ4v) is 2.29. The van der Waals surface area contributed by atoms with Crippen LogP contribution in [0.5, 0.6) is 0 Å². The molecular formula is C12H16ClFN4O. The van der Waals surface area contributed by atoms with E-state index in [9.17, 15) is 9.18 Å². The zero-order valence-electron chi connectivity index (χ0n) is 10.6. The molecule has 0 aliphatic carbocycles. The molecule has 1 unspecified atom stereocenters. The van der Waals surface area contributed by atoms with E-state index in [2.05, 4.69) is 4.98 Å². The Hall–Kier alpha value is -1.40. The molecule has 2 N–H and O–H groups in total. The third-order valence-corrected chi connectivity index (χ3v) is 3.57. The van der Waals surface area contributed by atoms with Crippen molar-refractivity contribution in [3.8, 4) is 0 Å². The molecule has 1 atom stereocenters. The van der Waals surface area contributed by atoms with Gasteiger partial charge < -0.3 is 10.6 Å². The van der Waals surface area contributed by atoms with Gasteiger partial charge in [-0.3, -0.25) is 9.69 Å². The minimum atomic E-state index is -0.427. The number of nitrogens with two attached hydrogens (primary N) is 1. The molecule has 1 fully saturated rings. The molecule has 5 nitrogen and oxygen atoms in total. The first kappa shape index (κ1) is 14.0. The van der Waals surface area contributed by atoms with Crippen LogP contribution in [0.1, 0.15) is 6.92 Å². The van der Waals surface area contributed by atoms with E-state index in [-0.39, 0.29) is 17.0 Å². The number of carbonyl (C=O) groups is 1. The lowest BCUT2D eigenvalue weighted by molar-refractivity contribution is -0.122. The van der Waals surface area contributed by atoms with Crippen molar-refractivity contribution in [3.05, 3.63) is 23.1 Å². The normalized spacial score (nSPS) is 18.4. The van der Waals surface area contributed by atoms with Gasteiger partial charge in [-0.05, 0) is 13.0 Å². The summed E-state index contributed by atoms with van der Waals surface area (Å²) in [5, 5.41) is 0.280. The number of primary amides is 1. The maximum atomic E-state index is 13.7. The van der Waals surface area contributed by atoms with Crippen molar-refractivity contribution >= 4 is 23.3 Å². The number of amides is 1. The van der Waals surface area contributed by atoms with E-state index in [1.165, 1.54) is 12.3 Å². The number of halogens is 2. The molecule has 1 saturated heterocycles. The predicted octanol–water partition coefficient (Wildman–Crippen LogP) is 0.870. The Morgan fingerprint density at radius 3 is 2.63 bits per heavy atom. The Kier molecular flexibility index (Phi) is 4.21. The van der Waals surface area contributed by atoms with Gasteiger partial charge in [0.2, 0.25) is 5.91 Å². The number of hydrogen-bond donors (Lipinski definition) is 1. The first-order valence-electron chi connectivity index (χ1n) is 6.08. The molecule has 0 aromatic carbocycles. The lowest BCUT2D eigenvalue weighted by atomic mass is 10.2. The summed E-state index contributed by atoms with van der Waals surface area (Å²) in [7, 11) is 0. The molecular weight excluding hydrogens is 271 g/mol. The highest BCUT2D eigenvalue weighted by atomic mass is 35.5. The topological polar surface area (TPSA) is 62.5 Å². The maximum absolute atomic E-state index is 13.7. The highest BCUT2D eigenvalue weighted by Crippen LogP contribution is 2.21. The predicted molar refractivity (Wildman–Crippen MR) is 71.6 cm³/mol. The summed E-state index contributed by atoms with van der Waals surface area (Å²) in [5.41, 5.74) is 5.27. The molecule has 0 bridgehead atoms. The first-order chi connectivity index (χ1) is 8.99. The summed E-state index contributed by atoms with van der Waals surface area (Å²) in [4.78, 5) is 19.0. The second-order valence-corrected chi connectivity index (χ2v) is 5.00. The number of anilines is 1. The first-order valence-corrected chi connectivity index (χ1v) is 6.46. The van der Waals surface area contributed by atoms with E-state index >= 15 is 0 Å². The quantitative estimate of drug-likeness (QED) is 0.896. The van der Waals surface area contributed by atoms with Crippen LogP contribution in [0.15, 0.2) is 12.3 Å². The lowest BCUT2D eigenvalue weighted by Gasteiger charge is -2.37. The second kappa shape index (κ2) is 5.71. The summed E-state index contributed by atoms with van der Waals surface area (Å²) < 4.78 is 13.7. The van der Waals surface area contributed by atoms with Crippen molar-refractivity contribution in [3.63, 3.8) is 0 Å². The van der Waals surface area contributed by atoms with Crippen LogP contribution >= 0.6 is 11.6 Å². The van der Waals surface area contributed by atoms with Gasteiger partial charge in [0.1, 0.15) is 0 Å². The van der Waals surface area contributed by atoms with Gasteiger partial charge in [-0.1, -0.05) is 11.6 Å². The lowest BCUT2D eigenvalue weighted by Crippen LogP contribution is -2.53. The molecule has 1 aliphatic heterocycles. The second-order valence-electron chi connectivity index (χ2n) is 4.56. The van der Waals surface area contributed by atoms with Gasteiger partial charge in [0, 0.05) is 32.4 Å². The average Bonchev–Trinajstić information content (AvgIpc) is 2.38. The molecule has 104 valence electrons. The zero-order valence-corrected chi connectivity index (χ0v) is 11.4. The molecule has 1 aromatic rings. The molecule has 7 heteroatoms. The van der Waals surface area contributed by atoms with Crippen molar-refractivity contribution in [2.75, 3.05) is 31.1 Å². The number of nitrogens with zero attached hydrogens (tertiary/aromatic N) is 3. The van der Waals surface area contributed by atoms with Crippen molar-refractivity contribution in [2.24, 2.45) is 5.73 Å². The molecule has 1 aromatic heterocycles. The van der Waals surface area contributed by atoms with Gasteiger partial charge >= 0.3 is 0 Å². The number of carbonyl (C=O) groups excluding carboxylic acids is 1. The summed E-state index contributed by atoms with van der Waals surface area (Å²) in [5.74, 6) is -0.469. The fraction of sp³-hybridized carbons (Fsp3) is 0.500. The van der Waals surface area contributed by atoms with Crippen LogP contribution in [0.4, 0.5) is 10.2 Å². The van der Waals surface area contributed by atoms with E-state index in [0.717, 1.165) is 0 Å². The van der Waals surface area contributed by atoms with Crippen molar-refractivity contribution in [1.82, 2.24) is 9.88 Å². The third kappa shape index (κ3) is 3.13. The number of hydrogen-bond acceptors (Lipinski definition) is 4. The van der Waals surface area contributed by atoms with E-state index in [4.69, 9.17) is 17.3 Å². The molecule has 2 heterocycles. The van der Waals surface area contributed by atoms with Crippen molar-refractivity contribution in [1.29, 1.82) is 0 Å². The summed E-state index contributed by atoms with van der Waals surface area (Å²) in [6.07, 6.45) is 1.43. The Balaban J connectivity index is 2.02.